The number of ether oxygens (including phenoxy) is 1. The molecular formula is C16H16ClNO2. The number of nitrogens with zero attached hydrogens (tertiary/aromatic N) is 1. The molecule has 2 rings (SSSR count). The molecule has 0 unspecified atom stereocenters. The summed E-state index contributed by atoms with van der Waals surface area (Å²) in [6.45, 7) is 5.88. The zero-order valence-electron chi connectivity index (χ0n) is 11.7. The van der Waals surface area contributed by atoms with Crippen LogP contribution in [0.25, 0.3) is 0 Å². The summed E-state index contributed by atoms with van der Waals surface area (Å²) in [4.78, 5) is 15.9. The molecule has 4 heteroatoms. The molecule has 2 aromatic rings. The van der Waals surface area contributed by atoms with Gasteiger partial charge in [-0.25, -0.2) is 4.98 Å². The molecule has 0 saturated heterocycles. The molecule has 20 heavy (non-hydrogen) atoms. The monoisotopic (exact) mass is 289 g/mol. The van der Waals surface area contributed by atoms with E-state index < -0.39 is 0 Å². The Morgan fingerprint density at radius 2 is 1.85 bits per heavy atom. The summed E-state index contributed by atoms with van der Waals surface area (Å²) in [5.74, 6) is 0.350. The predicted octanol–water partition coefficient (Wildman–Crippen LogP) is 3.81. The summed E-state index contributed by atoms with van der Waals surface area (Å²) < 4.78 is 5.49. The number of esters is 1. The van der Waals surface area contributed by atoms with E-state index in [1.54, 1.807) is 18.3 Å². The number of carbonyl (C=O) groups excluding carboxylic acids is 1. The van der Waals surface area contributed by atoms with Gasteiger partial charge in [-0.2, -0.15) is 0 Å². The SMILES string of the molecule is Cc1ccc(C)c(OC(=O)Cc2ccc(Cl)nc2)c1C. The van der Waals surface area contributed by atoms with E-state index in [1.165, 1.54) is 0 Å². The number of hydrogen-bond donors (Lipinski definition) is 0. The minimum atomic E-state index is -0.300. The van der Waals surface area contributed by atoms with Crippen LogP contribution in [-0.2, 0) is 11.2 Å². The lowest BCUT2D eigenvalue weighted by atomic mass is 10.1. The Balaban J connectivity index is 2.12. The minimum absolute atomic E-state index is 0.178. The molecule has 0 fully saturated rings. The second kappa shape index (κ2) is 6.06. The summed E-state index contributed by atoms with van der Waals surface area (Å²) >= 11 is 5.71. The van der Waals surface area contributed by atoms with E-state index >= 15 is 0 Å². The Kier molecular flexibility index (Phi) is 4.40. The maximum absolute atomic E-state index is 12.0. The molecule has 0 saturated carbocycles. The Morgan fingerprint density at radius 1 is 1.15 bits per heavy atom. The number of aryl methyl sites for hydroxylation is 2. The van der Waals surface area contributed by atoms with Gasteiger partial charge in [0.15, 0.2) is 0 Å². The standard InChI is InChI=1S/C16H16ClNO2/c1-10-4-5-11(2)16(12(10)3)20-15(19)8-13-6-7-14(17)18-9-13/h4-7,9H,8H2,1-3H3. The van der Waals surface area contributed by atoms with E-state index in [0.29, 0.717) is 10.9 Å². The first kappa shape index (κ1) is 14.5. The molecule has 0 N–H and O–H groups in total. The highest BCUT2D eigenvalue weighted by molar-refractivity contribution is 6.29. The topological polar surface area (TPSA) is 39.2 Å². The number of benzene rings is 1. The molecule has 1 aromatic carbocycles. The lowest BCUT2D eigenvalue weighted by Gasteiger charge is -2.12. The largest absolute Gasteiger partial charge is 0.426 e. The molecule has 0 spiro atoms. The van der Waals surface area contributed by atoms with Gasteiger partial charge in [-0.05, 0) is 49.1 Å². The summed E-state index contributed by atoms with van der Waals surface area (Å²) in [5.41, 5.74) is 3.83. The smallest absolute Gasteiger partial charge is 0.315 e. The first-order valence-electron chi connectivity index (χ1n) is 6.35. The van der Waals surface area contributed by atoms with Crippen LogP contribution >= 0.6 is 11.6 Å². The fourth-order valence-corrected chi connectivity index (χ4v) is 2.02. The number of rotatable bonds is 3. The van der Waals surface area contributed by atoms with Gasteiger partial charge in [0.25, 0.3) is 0 Å². The van der Waals surface area contributed by atoms with Gasteiger partial charge < -0.3 is 4.74 Å². The van der Waals surface area contributed by atoms with Crippen molar-refractivity contribution in [2.75, 3.05) is 0 Å². The molecule has 0 aliphatic heterocycles. The van der Waals surface area contributed by atoms with Crippen molar-refractivity contribution < 1.29 is 9.53 Å². The zero-order chi connectivity index (χ0) is 14.7. The summed E-state index contributed by atoms with van der Waals surface area (Å²) in [6, 6.07) is 7.40. The molecule has 0 aliphatic carbocycles. The third-order valence-corrected chi connectivity index (χ3v) is 3.45. The van der Waals surface area contributed by atoms with Gasteiger partial charge >= 0.3 is 5.97 Å². The maximum Gasteiger partial charge on any atom is 0.315 e. The Hall–Kier alpha value is -1.87. The van der Waals surface area contributed by atoms with Gasteiger partial charge in [-0.15, -0.1) is 0 Å². The molecule has 0 bridgehead atoms. The van der Waals surface area contributed by atoms with Crippen molar-refractivity contribution in [3.63, 3.8) is 0 Å². The second-order valence-electron chi connectivity index (χ2n) is 4.79. The van der Waals surface area contributed by atoms with Crippen molar-refractivity contribution in [3.8, 4) is 5.75 Å². The third kappa shape index (κ3) is 3.36. The van der Waals surface area contributed by atoms with Gasteiger partial charge in [0.2, 0.25) is 0 Å². The first-order chi connectivity index (χ1) is 9.47. The summed E-state index contributed by atoms with van der Waals surface area (Å²) in [7, 11) is 0. The van der Waals surface area contributed by atoms with Crippen LogP contribution in [0.4, 0.5) is 0 Å². The summed E-state index contributed by atoms with van der Waals surface area (Å²) in [6.07, 6.45) is 1.76. The van der Waals surface area contributed by atoms with Crippen molar-refractivity contribution in [1.82, 2.24) is 4.98 Å². The third-order valence-electron chi connectivity index (χ3n) is 3.23. The normalized spacial score (nSPS) is 10.4. The lowest BCUT2D eigenvalue weighted by Crippen LogP contribution is -2.13. The highest BCUT2D eigenvalue weighted by Crippen LogP contribution is 2.26. The molecule has 0 atom stereocenters. The van der Waals surface area contributed by atoms with Crippen LogP contribution in [0.5, 0.6) is 5.75 Å². The van der Waals surface area contributed by atoms with Crippen LogP contribution in [0.2, 0.25) is 5.15 Å². The molecule has 104 valence electrons. The van der Waals surface area contributed by atoms with E-state index in [4.69, 9.17) is 16.3 Å². The fourth-order valence-electron chi connectivity index (χ4n) is 1.91. The number of halogens is 1. The quantitative estimate of drug-likeness (QED) is 0.490. The predicted molar refractivity (Wildman–Crippen MR) is 79.2 cm³/mol. The lowest BCUT2D eigenvalue weighted by molar-refractivity contribution is -0.133. The van der Waals surface area contributed by atoms with Gasteiger partial charge in [0, 0.05) is 6.20 Å². The molecule has 0 aliphatic rings. The van der Waals surface area contributed by atoms with Crippen molar-refractivity contribution in [1.29, 1.82) is 0 Å². The van der Waals surface area contributed by atoms with Crippen LogP contribution in [0, 0.1) is 20.8 Å². The first-order valence-corrected chi connectivity index (χ1v) is 6.73. The fraction of sp³-hybridized carbons (Fsp3) is 0.250. The van der Waals surface area contributed by atoms with Crippen LogP contribution in [0.15, 0.2) is 30.5 Å². The maximum atomic E-state index is 12.0. The van der Waals surface area contributed by atoms with Crippen molar-refractivity contribution in [2.45, 2.75) is 27.2 Å². The van der Waals surface area contributed by atoms with Crippen molar-refractivity contribution >= 4 is 17.6 Å². The van der Waals surface area contributed by atoms with Gasteiger partial charge in [0.05, 0.1) is 6.42 Å². The Morgan fingerprint density at radius 3 is 2.50 bits per heavy atom. The number of carbonyl (C=O) groups is 1. The van der Waals surface area contributed by atoms with E-state index in [0.717, 1.165) is 22.3 Å². The molecule has 3 nitrogen and oxygen atoms in total. The highest BCUT2D eigenvalue weighted by Gasteiger charge is 2.12. The Labute approximate surface area is 123 Å². The average Bonchev–Trinajstić information content (AvgIpc) is 2.42. The van der Waals surface area contributed by atoms with Crippen LogP contribution in [-0.4, -0.2) is 11.0 Å². The highest BCUT2D eigenvalue weighted by atomic mass is 35.5. The van der Waals surface area contributed by atoms with Gasteiger partial charge in [-0.3, -0.25) is 4.79 Å². The molecule has 1 aromatic heterocycles. The minimum Gasteiger partial charge on any atom is -0.426 e. The van der Waals surface area contributed by atoms with E-state index in [-0.39, 0.29) is 12.4 Å². The van der Waals surface area contributed by atoms with Crippen molar-refractivity contribution in [3.05, 3.63) is 57.9 Å². The second-order valence-corrected chi connectivity index (χ2v) is 5.18. The van der Waals surface area contributed by atoms with Crippen molar-refractivity contribution in [2.24, 2.45) is 0 Å². The number of aromatic nitrogens is 1. The summed E-state index contributed by atoms with van der Waals surface area (Å²) in [5, 5.41) is 0.410. The number of hydrogen-bond acceptors (Lipinski definition) is 3. The molecule has 1 heterocycles. The molecule has 0 amide bonds. The Bertz CT molecular complexity index is 636. The van der Waals surface area contributed by atoms with Crippen LogP contribution in [0.3, 0.4) is 0 Å². The van der Waals surface area contributed by atoms with E-state index in [1.807, 2.05) is 32.9 Å². The van der Waals surface area contributed by atoms with Crippen LogP contribution < -0.4 is 4.74 Å². The van der Waals surface area contributed by atoms with E-state index in [2.05, 4.69) is 4.98 Å². The van der Waals surface area contributed by atoms with E-state index in [9.17, 15) is 4.79 Å². The molecule has 0 radical (unpaired) electrons. The van der Waals surface area contributed by atoms with Gasteiger partial charge in [0.1, 0.15) is 10.9 Å². The molecular weight excluding hydrogens is 274 g/mol. The number of pyridine rings is 1. The average molecular weight is 290 g/mol. The van der Waals surface area contributed by atoms with Crippen LogP contribution in [0.1, 0.15) is 22.3 Å². The van der Waals surface area contributed by atoms with Gasteiger partial charge in [-0.1, -0.05) is 29.8 Å². The zero-order valence-corrected chi connectivity index (χ0v) is 12.5.